The highest BCUT2D eigenvalue weighted by Crippen LogP contribution is 2.22. The lowest BCUT2D eigenvalue weighted by Crippen LogP contribution is -2.23. The number of carbonyl (C=O) groups is 1. The maximum atomic E-state index is 12.0. The first-order chi connectivity index (χ1) is 9.97. The van der Waals surface area contributed by atoms with E-state index in [-0.39, 0.29) is 12.5 Å². The molecule has 2 aromatic heterocycles. The number of carbonyl (C=O) groups excluding carboxylic acids is 1. The zero-order valence-electron chi connectivity index (χ0n) is 12.6. The average Bonchev–Trinajstić information content (AvgIpc) is 2.91. The molecule has 1 N–H and O–H groups in total. The summed E-state index contributed by atoms with van der Waals surface area (Å²) in [7, 11) is 7.46. The smallest absolute Gasteiger partial charge is 0.246 e. The van der Waals surface area contributed by atoms with Crippen molar-refractivity contribution in [2.24, 2.45) is 0 Å². The SMILES string of the molecule is CN(C)c1ncc(NC(=O)Cn2cccn2)c(N(C)C)n1. The molecule has 8 heteroatoms. The molecule has 21 heavy (non-hydrogen) atoms. The van der Waals surface area contributed by atoms with Gasteiger partial charge >= 0.3 is 0 Å². The van der Waals surface area contributed by atoms with Crippen LogP contribution >= 0.6 is 0 Å². The fraction of sp³-hybridized carbons (Fsp3) is 0.385. The minimum Gasteiger partial charge on any atom is -0.361 e. The second kappa shape index (κ2) is 6.21. The predicted molar refractivity (Wildman–Crippen MR) is 81.5 cm³/mol. The molecular weight excluding hydrogens is 270 g/mol. The standard InChI is InChI=1S/C13H19N7O/c1-18(2)12-10(8-14-13(17-12)19(3)4)16-11(21)9-20-7-5-6-15-20/h5-8H,9H2,1-4H3,(H,16,21). The number of amides is 1. The molecule has 8 nitrogen and oxygen atoms in total. The van der Waals surface area contributed by atoms with Gasteiger partial charge in [0.2, 0.25) is 11.9 Å². The quantitative estimate of drug-likeness (QED) is 0.860. The van der Waals surface area contributed by atoms with Gasteiger partial charge in [-0.3, -0.25) is 9.48 Å². The molecule has 0 radical (unpaired) electrons. The van der Waals surface area contributed by atoms with Crippen LogP contribution in [0.15, 0.2) is 24.7 Å². The first-order valence-corrected chi connectivity index (χ1v) is 6.46. The molecule has 0 saturated heterocycles. The Bertz CT molecular complexity index is 607. The molecule has 0 aromatic carbocycles. The second-order valence-electron chi connectivity index (χ2n) is 4.95. The van der Waals surface area contributed by atoms with Crippen molar-refractivity contribution in [3.8, 4) is 0 Å². The average molecular weight is 289 g/mol. The predicted octanol–water partition coefficient (Wildman–Crippen LogP) is 0.444. The first-order valence-electron chi connectivity index (χ1n) is 6.46. The van der Waals surface area contributed by atoms with Crippen molar-refractivity contribution in [1.29, 1.82) is 0 Å². The number of aromatic nitrogens is 4. The first kappa shape index (κ1) is 14.8. The molecule has 112 valence electrons. The van der Waals surface area contributed by atoms with E-state index in [4.69, 9.17) is 0 Å². The Morgan fingerprint density at radius 3 is 2.62 bits per heavy atom. The van der Waals surface area contributed by atoms with Crippen molar-refractivity contribution in [1.82, 2.24) is 19.7 Å². The Labute approximate surface area is 123 Å². The summed E-state index contributed by atoms with van der Waals surface area (Å²) in [5, 5.41) is 6.81. The third kappa shape index (κ3) is 3.68. The van der Waals surface area contributed by atoms with Gasteiger partial charge in [-0.1, -0.05) is 0 Å². The minimum absolute atomic E-state index is 0.148. The molecule has 0 saturated carbocycles. The maximum Gasteiger partial charge on any atom is 0.246 e. The van der Waals surface area contributed by atoms with Crippen LogP contribution in [0.25, 0.3) is 0 Å². The Morgan fingerprint density at radius 1 is 1.29 bits per heavy atom. The molecule has 2 aromatic rings. The normalized spacial score (nSPS) is 10.3. The monoisotopic (exact) mass is 289 g/mol. The zero-order valence-corrected chi connectivity index (χ0v) is 12.6. The van der Waals surface area contributed by atoms with Gasteiger partial charge in [0.1, 0.15) is 12.2 Å². The van der Waals surface area contributed by atoms with E-state index in [0.29, 0.717) is 17.5 Å². The van der Waals surface area contributed by atoms with E-state index in [9.17, 15) is 4.79 Å². The Kier molecular flexibility index (Phi) is 4.36. The lowest BCUT2D eigenvalue weighted by atomic mass is 10.4. The van der Waals surface area contributed by atoms with Crippen LogP contribution in [0, 0.1) is 0 Å². The summed E-state index contributed by atoms with van der Waals surface area (Å²) in [6.45, 7) is 0.148. The van der Waals surface area contributed by atoms with E-state index in [1.807, 2.05) is 38.0 Å². The number of nitrogens with one attached hydrogen (secondary N) is 1. The van der Waals surface area contributed by atoms with Crippen molar-refractivity contribution in [2.45, 2.75) is 6.54 Å². The van der Waals surface area contributed by atoms with Crippen LogP contribution < -0.4 is 15.1 Å². The number of rotatable bonds is 5. The molecule has 0 atom stereocenters. The highest BCUT2D eigenvalue weighted by molar-refractivity contribution is 5.93. The molecule has 1 amide bonds. The van der Waals surface area contributed by atoms with Gasteiger partial charge in [-0.2, -0.15) is 10.1 Å². The summed E-state index contributed by atoms with van der Waals surface area (Å²) >= 11 is 0. The summed E-state index contributed by atoms with van der Waals surface area (Å²) in [6, 6.07) is 1.77. The van der Waals surface area contributed by atoms with Crippen molar-refractivity contribution >= 4 is 23.4 Å². The maximum absolute atomic E-state index is 12.0. The van der Waals surface area contributed by atoms with Gasteiger partial charge in [-0.25, -0.2) is 4.98 Å². The summed E-state index contributed by atoms with van der Waals surface area (Å²) in [6.07, 6.45) is 4.98. The van der Waals surface area contributed by atoms with Gasteiger partial charge in [-0.15, -0.1) is 0 Å². The Balaban J connectivity index is 2.17. The minimum atomic E-state index is -0.178. The van der Waals surface area contributed by atoms with Gasteiger partial charge in [0.05, 0.1) is 6.20 Å². The van der Waals surface area contributed by atoms with Crippen LogP contribution in [-0.4, -0.2) is 53.8 Å². The van der Waals surface area contributed by atoms with E-state index in [1.54, 1.807) is 29.3 Å². The molecule has 0 aliphatic heterocycles. The Hall–Kier alpha value is -2.64. The third-order valence-corrected chi connectivity index (χ3v) is 2.72. The van der Waals surface area contributed by atoms with Gasteiger partial charge in [0, 0.05) is 40.6 Å². The van der Waals surface area contributed by atoms with Crippen LogP contribution in [0.3, 0.4) is 0 Å². The van der Waals surface area contributed by atoms with Crippen LogP contribution in [0.2, 0.25) is 0 Å². The lowest BCUT2D eigenvalue weighted by molar-refractivity contribution is -0.116. The fourth-order valence-electron chi connectivity index (χ4n) is 1.74. The van der Waals surface area contributed by atoms with Crippen LogP contribution in [0.1, 0.15) is 0 Å². The summed E-state index contributed by atoms with van der Waals surface area (Å²) < 4.78 is 1.56. The van der Waals surface area contributed by atoms with E-state index >= 15 is 0 Å². The summed E-state index contributed by atoms with van der Waals surface area (Å²) in [5.41, 5.74) is 0.572. The zero-order chi connectivity index (χ0) is 15.4. The summed E-state index contributed by atoms with van der Waals surface area (Å²) in [5.74, 6) is 1.06. The molecule has 0 spiro atoms. The van der Waals surface area contributed by atoms with Crippen molar-refractivity contribution in [3.05, 3.63) is 24.7 Å². The van der Waals surface area contributed by atoms with Gasteiger partial charge in [0.25, 0.3) is 0 Å². The fourth-order valence-corrected chi connectivity index (χ4v) is 1.74. The number of hydrogen-bond acceptors (Lipinski definition) is 6. The third-order valence-electron chi connectivity index (χ3n) is 2.72. The lowest BCUT2D eigenvalue weighted by Gasteiger charge is -2.19. The van der Waals surface area contributed by atoms with Gasteiger partial charge in [-0.05, 0) is 6.07 Å². The topological polar surface area (TPSA) is 79.2 Å². The molecule has 0 unspecified atom stereocenters. The van der Waals surface area contributed by atoms with E-state index in [1.165, 1.54) is 0 Å². The van der Waals surface area contributed by atoms with Gasteiger partial charge in [0.15, 0.2) is 5.82 Å². The summed E-state index contributed by atoms with van der Waals surface area (Å²) in [4.78, 5) is 24.3. The molecule has 2 heterocycles. The molecule has 0 bridgehead atoms. The van der Waals surface area contributed by atoms with Crippen molar-refractivity contribution in [3.63, 3.8) is 0 Å². The highest BCUT2D eigenvalue weighted by atomic mass is 16.2. The van der Waals surface area contributed by atoms with Crippen LogP contribution in [-0.2, 0) is 11.3 Å². The molecule has 2 rings (SSSR count). The van der Waals surface area contributed by atoms with E-state index < -0.39 is 0 Å². The number of hydrogen-bond donors (Lipinski definition) is 1. The van der Waals surface area contributed by atoms with Gasteiger partial charge < -0.3 is 15.1 Å². The van der Waals surface area contributed by atoms with E-state index in [0.717, 1.165) is 0 Å². The van der Waals surface area contributed by atoms with Crippen molar-refractivity contribution < 1.29 is 4.79 Å². The number of anilines is 3. The van der Waals surface area contributed by atoms with Crippen molar-refractivity contribution in [2.75, 3.05) is 43.3 Å². The van der Waals surface area contributed by atoms with Crippen LogP contribution in [0.4, 0.5) is 17.5 Å². The molecule has 0 aliphatic rings. The Morgan fingerprint density at radius 2 is 2.05 bits per heavy atom. The molecule has 0 fully saturated rings. The molecular formula is C13H19N7O. The largest absolute Gasteiger partial charge is 0.361 e. The number of nitrogens with zero attached hydrogens (tertiary/aromatic N) is 6. The molecule has 0 aliphatic carbocycles. The van der Waals surface area contributed by atoms with Crippen LogP contribution in [0.5, 0.6) is 0 Å². The van der Waals surface area contributed by atoms with E-state index in [2.05, 4.69) is 20.4 Å². The second-order valence-corrected chi connectivity index (χ2v) is 4.95. The highest BCUT2D eigenvalue weighted by Gasteiger charge is 2.13.